The average molecular weight is 262 g/mol. The van der Waals surface area contributed by atoms with E-state index in [2.05, 4.69) is 0 Å². The molecule has 1 aliphatic heterocycles. The lowest BCUT2D eigenvalue weighted by atomic mass is 9.96. The second-order valence-corrected chi connectivity index (χ2v) is 5.15. The zero-order valence-corrected chi connectivity index (χ0v) is 11.2. The number of nitro benzene ring substituents is 1. The summed E-state index contributed by atoms with van der Waals surface area (Å²) in [6.45, 7) is 4.07. The molecule has 0 spiro atoms. The van der Waals surface area contributed by atoms with E-state index in [-0.39, 0.29) is 23.7 Å². The first-order valence-electron chi connectivity index (χ1n) is 6.58. The second kappa shape index (κ2) is 5.38. The molecule has 1 aromatic carbocycles. The lowest BCUT2D eigenvalue weighted by Crippen LogP contribution is -2.47. The Morgan fingerprint density at radius 2 is 1.95 bits per heavy atom. The molecule has 0 aliphatic carbocycles. The van der Waals surface area contributed by atoms with Crippen LogP contribution < -0.4 is 0 Å². The van der Waals surface area contributed by atoms with Crippen LogP contribution >= 0.6 is 0 Å². The molecule has 0 N–H and O–H groups in total. The summed E-state index contributed by atoms with van der Waals surface area (Å²) >= 11 is 0. The van der Waals surface area contributed by atoms with Gasteiger partial charge < -0.3 is 4.90 Å². The molecule has 5 heteroatoms. The van der Waals surface area contributed by atoms with Crippen LogP contribution in [-0.4, -0.2) is 27.8 Å². The molecule has 2 atom stereocenters. The van der Waals surface area contributed by atoms with Crippen LogP contribution in [0.1, 0.15) is 43.5 Å². The van der Waals surface area contributed by atoms with Gasteiger partial charge in [0, 0.05) is 29.8 Å². The number of amides is 1. The standard InChI is InChI=1S/C14H18N2O3/c1-10-5-3-6-11(2)15(10)14(17)12-7-4-8-13(9-12)16(18)19/h4,7-11H,3,5-6H2,1-2H3/t10-,11-/m1/s1. The van der Waals surface area contributed by atoms with Crippen molar-refractivity contribution in [3.8, 4) is 0 Å². The zero-order valence-electron chi connectivity index (χ0n) is 11.2. The van der Waals surface area contributed by atoms with E-state index in [0.29, 0.717) is 5.56 Å². The summed E-state index contributed by atoms with van der Waals surface area (Å²) in [6, 6.07) is 6.34. The van der Waals surface area contributed by atoms with Crippen molar-refractivity contribution >= 4 is 11.6 Å². The van der Waals surface area contributed by atoms with E-state index in [9.17, 15) is 14.9 Å². The quantitative estimate of drug-likeness (QED) is 0.608. The van der Waals surface area contributed by atoms with E-state index in [1.54, 1.807) is 12.1 Å². The van der Waals surface area contributed by atoms with Crippen molar-refractivity contribution in [2.75, 3.05) is 0 Å². The first kappa shape index (κ1) is 13.5. The zero-order chi connectivity index (χ0) is 14.0. The van der Waals surface area contributed by atoms with Crippen molar-refractivity contribution < 1.29 is 9.72 Å². The average Bonchev–Trinajstić information content (AvgIpc) is 2.38. The van der Waals surface area contributed by atoms with E-state index >= 15 is 0 Å². The molecule has 0 aromatic heterocycles. The highest BCUT2D eigenvalue weighted by Crippen LogP contribution is 2.25. The Bertz CT molecular complexity index is 491. The van der Waals surface area contributed by atoms with E-state index in [0.717, 1.165) is 19.3 Å². The lowest BCUT2D eigenvalue weighted by Gasteiger charge is -2.39. The molecule has 19 heavy (non-hydrogen) atoms. The Hall–Kier alpha value is -1.91. The maximum absolute atomic E-state index is 12.5. The monoisotopic (exact) mass is 262 g/mol. The maximum atomic E-state index is 12.5. The summed E-state index contributed by atoms with van der Waals surface area (Å²) in [5.74, 6) is -0.108. The molecular formula is C14H18N2O3. The van der Waals surface area contributed by atoms with Crippen LogP contribution in [0.5, 0.6) is 0 Å². The fourth-order valence-corrected chi connectivity index (χ4v) is 2.72. The molecule has 1 aliphatic rings. The Balaban J connectivity index is 2.27. The number of likely N-dealkylation sites (tertiary alicyclic amines) is 1. The van der Waals surface area contributed by atoms with Gasteiger partial charge >= 0.3 is 0 Å². The number of hydrogen-bond donors (Lipinski definition) is 0. The van der Waals surface area contributed by atoms with Gasteiger partial charge in [0.05, 0.1) is 4.92 Å². The summed E-state index contributed by atoms with van der Waals surface area (Å²) in [4.78, 5) is 24.6. The van der Waals surface area contributed by atoms with Crippen LogP contribution in [0.25, 0.3) is 0 Å². The number of piperidine rings is 1. The Labute approximate surface area is 112 Å². The molecule has 1 aromatic rings. The molecule has 2 rings (SSSR count). The fourth-order valence-electron chi connectivity index (χ4n) is 2.72. The van der Waals surface area contributed by atoms with Crippen LogP contribution in [0.2, 0.25) is 0 Å². The summed E-state index contributed by atoms with van der Waals surface area (Å²) < 4.78 is 0. The van der Waals surface area contributed by atoms with Crippen molar-refractivity contribution in [1.82, 2.24) is 4.90 Å². The largest absolute Gasteiger partial charge is 0.333 e. The predicted molar refractivity (Wildman–Crippen MR) is 72.0 cm³/mol. The van der Waals surface area contributed by atoms with Gasteiger partial charge in [-0.05, 0) is 39.2 Å². The molecule has 0 unspecified atom stereocenters. The minimum atomic E-state index is -0.472. The number of carbonyl (C=O) groups excluding carboxylic acids is 1. The Morgan fingerprint density at radius 3 is 2.53 bits per heavy atom. The SMILES string of the molecule is C[C@@H]1CCC[C@@H](C)N1C(=O)c1cccc([N+](=O)[O-])c1. The molecule has 1 amide bonds. The predicted octanol–water partition coefficient (Wildman–Crippen LogP) is 3.00. The van der Waals surface area contributed by atoms with Gasteiger partial charge in [0.2, 0.25) is 0 Å². The number of nitrogens with zero attached hydrogens (tertiary/aromatic N) is 2. The number of hydrogen-bond acceptors (Lipinski definition) is 3. The van der Waals surface area contributed by atoms with Crippen LogP contribution in [-0.2, 0) is 0 Å². The van der Waals surface area contributed by atoms with Crippen molar-refractivity contribution in [2.24, 2.45) is 0 Å². The van der Waals surface area contributed by atoms with Crippen molar-refractivity contribution in [3.05, 3.63) is 39.9 Å². The van der Waals surface area contributed by atoms with Gasteiger partial charge in [0.1, 0.15) is 0 Å². The van der Waals surface area contributed by atoms with E-state index in [1.807, 2.05) is 18.7 Å². The molecule has 0 bridgehead atoms. The second-order valence-electron chi connectivity index (χ2n) is 5.15. The highest BCUT2D eigenvalue weighted by molar-refractivity contribution is 5.95. The van der Waals surface area contributed by atoms with Gasteiger partial charge in [-0.25, -0.2) is 0 Å². The molecule has 0 saturated carbocycles. The number of nitro groups is 1. The normalized spacial score (nSPS) is 23.2. The first-order chi connectivity index (χ1) is 9.00. The van der Waals surface area contributed by atoms with E-state index < -0.39 is 4.92 Å². The fraction of sp³-hybridized carbons (Fsp3) is 0.500. The van der Waals surface area contributed by atoms with Gasteiger partial charge in [-0.1, -0.05) is 6.07 Å². The van der Waals surface area contributed by atoms with Crippen molar-refractivity contribution in [2.45, 2.75) is 45.2 Å². The van der Waals surface area contributed by atoms with Crippen molar-refractivity contribution in [3.63, 3.8) is 0 Å². The number of non-ortho nitro benzene ring substituents is 1. The number of rotatable bonds is 2. The Morgan fingerprint density at radius 1 is 1.32 bits per heavy atom. The van der Waals surface area contributed by atoms with Gasteiger partial charge in [-0.2, -0.15) is 0 Å². The molecular weight excluding hydrogens is 244 g/mol. The van der Waals surface area contributed by atoms with Gasteiger partial charge in [-0.15, -0.1) is 0 Å². The summed E-state index contributed by atoms with van der Waals surface area (Å²) in [7, 11) is 0. The van der Waals surface area contributed by atoms with Crippen LogP contribution in [0.15, 0.2) is 24.3 Å². The minimum Gasteiger partial charge on any atom is -0.333 e. The summed E-state index contributed by atoms with van der Waals surface area (Å²) in [6.07, 6.45) is 3.11. The van der Waals surface area contributed by atoms with Crippen LogP contribution in [0.4, 0.5) is 5.69 Å². The maximum Gasteiger partial charge on any atom is 0.270 e. The van der Waals surface area contributed by atoms with E-state index in [4.69, 9.17) is 0 Å². The summed E-state index contributed by atoms with van der Waals surface area (Å²) in [5.41, 5.74) is 0.359. The third-order valence-corrected chi connectivity index (χ3v) is 3.73. The molecule has 102 valence electrons. The molecule has 0 radical (unpaired) electrons. The van der Waals surface area contributed by atoms with Gasteiger partial charge in [0.25, 0.3) is 11.6 Å². The number of carbonyl (C=O) groups is 1. The highest BCUT2D eigenvalue weighted by atomic mass is 16.6. The smallest absolute Gasteiger partial charge is 0.270 e. The van der Waals surface area contributed by atoms with E-state index in [1.165, 1.54) is 12.1 Å². The number of benzene rings is 1. The summed E-state index contributed by atoms with van der Waals surface area (Å²) in [5, 5.41) is 10.8. The van der Waals surface area contributed by atoms with Crippen LogP contribution in [0, 0.1) is 10.1 Å². The molecule has 1 heterocycles. The first-order valence-corrected chi connectivity index (χ1v) is 6.58. The Kier molecular flexibility index (Phi) is 3.83. The molecule has 5 nitrogen and oxygen atoms in total. The lowest BCUT2D eigenvalue weighted by molar-refractivity contribution is -0.384. The highest BCUT2D eigenvalue weighted by Gasteiger charge is 2.30. The van der Waals surface area contributed by atoms with Gasteiger partial charge in [0.15, 0.2) is 0 Å². The third-order valence-electron chi connectivity index (χ3n) is 3.73. The molecule has 1 fully saturated rings. The van der Waals surface area contributed by atoms with Gasteiger partial charge in [-0.3, -0.25) is 14.9 Å². The van der Waals surface area contributed by atoms with Crippen molar-refractivity contribution in [1.29, 1.82) is 0 Å². The third kappa shape index (κ3) is 2.75. The topological polar surface area (TPSA) is 63.5 Å². The molecule has 1 saturated heterocycles. The van der Waals surface area contributed by atoms with Crippen LogP contribution in [0.3, 0.4) is 0 Å². The minimum absolute atomic E-state index is 0.0387.